The third kappa shape index (κ3) is 5.03. The number of aromatic carboxylic acids is 1. The van der Waals surface area contributed by atoms with Crippen LogP contribution in [0.25, 0.3) is 0 Å². The molecule has 3 N–H and O–H groups in total. The summed E-state index contributed by atoms with van der Waals surface area (Å²) in [5.74, 6) is -0.529. The third-order valence-electron chi connectivity index (χ3n) is 3.14. The van der Waals surface area contributed by atoms with Crippen LogP contribution in [0.3, 0.4) is 0 Å². The van der Waals surface area contributed by atoms with Gasteiger partial charge in [0.1, 0.15) is 36.0 Å². The summed E-state index contributed by atoms with van der Waals surface area (Å²) in [6, 6.07) is 10.9. The smallest absolute Gasteiger partial charge is 0.411 e. The Hall–Kier alpha value is -3.42. The Labute approximate surface area is 143 Å². The van der Waals surface area contributed by atoms with Crippen LogP contribution in [0.15, 0.2) is 42.5 Å². The number of rotatable bonds is 7. The van der Waals surface area contributed by atoms with E-state index >= 15 is 0 Å². The number of ether oxygens (including phenoxy) is 3. The van der Waals surface area contributed by atoms with Gasteiger partial charge in [-0.2, -0.15) is 0 Å². The highest BCUT2D eigenvalue weighted by Gasteiger charge is 2.17. The van der Waals surface area contributed by atoms with E-state index in [0.717, 1.165) is 0 Å². The van der Waals surface area contributed by atoms with E-state index in [2.05, 4.69) is 5.32 Å². The van der Waals surface area contributed by atoms with Crippen molar-refractivity contribution in [2.75, 3.05) is 25.6 Å². The lowest BCUT2D eigenvalue weighted by Crippen LogP contribution is -2.19. The molecule has 0 saturated carbocycles. The van der Waals surface area contributed by atoms with E-state index in [-0.39, 0.29) is 18.9 Å². The molecule has 2 aromatic carbocycles. The van der Waals surface area contributed by atoms with Gasteiger partial charge in [0, 0.05) is 0 Å². The minimum absolute atomic E-state index is 0.0426. The maximum Gasteiger partial charge on any atom is 0.411 e. The van der Waals surface area contributed by atoms with E-state index < -0.39 is 23.4 Å². The van der Waals surface area contributed by atoms with Crippen LogP contribution in [0.2, 0.25) is 0 Å². The average molecular weight is 347 g/mol. The van der Waals surface area contributed by atoms with Gasteiger partial charge in [-0.1, -0.05) is 6.07 Å². The summed E-state index contributed by atoms with van der Waals surface area (Å²) in [6.07, 6.45) is -0.855. The predicted octanol–water partition coefficient (Wildman–Crippen LogP) is 2.73. The summed E-state index contributed by atoms with van der Waals surface area (Å²) in [7, 11) is 1.56. The predicted molar refractivity (Wildman–Crippen MR) is 88.5 cm³/mol. The zero-order valence-corrected chi connectivity index (χ0v) is 13.4. The Kier molecular flexibility index (Phi) is 6.05. The van der Waals surface area contributed by atoms with Crippen LogP contribution in [0, 0.1) is 0 Å². The van der Waals surface area contributed by atoms with Crippen molar-refractivity contribution in [1.82, 2.24) is 0 Å². The number of aromatic hydroxyl groups is 1. The summed E-state index contributed by atoms with van der Waals surface area (Å²) in [6.45, 7) is 0.0741. The number of carboxylic acids is 1. The number of hydrogen-bond acceptors (Lipinski definition) is 6. The lowest BCUT2D eigenvalue weighted by atomic mass is 10.1. The third-order valence-corrected chi connectivity index (χ3v) is 3.14. The first-order valence-corrected chi connectivity index (χ1v) is 7.27. The molecule has 0 bridgehead atoms. The number of amides is 1. The van der Waals surface area contributed by atoms with Gasteiger partial charge in [-0.15, -0.1) is 0 Å². The molecule has 0 heterocycles. The average Bonchev–Trinajstić information content (AvgIpc) is 2.59. The molecule has 25 heavy (non-hydrogen) atoms. The first-order valence-electron chi connectivity index (χ1n) is 7.27. The molecule has 0 radical (unpaired) electrons. The molecule has 8 heteroatoms. The molecule has 0 aliphatic rings. The van der Waals surface area contributed by atoms with Crippen molar-refractivity contribution in [3.05, 3.63) is 48.0 Å². The molecule has 8 nitrogen and oxygen atoms in total. The van der Waals surface area contributed by atoms with Crippen molar-refractivity contribution in [1.29, 1.82) is 0 Å². The van der Waals surface area contributed by atoms with Crippen LogP contribution < -0.4 is 14.8 Å². The SMILES string of the molecule is COc1ccc(OCCOC(=O)Nc2cccc(O)c2C(=O)O)cc1. The van der Waals surface area contributed by atoms with Crippen molar-refractivity contribution in [2.45, 2.75) is 0 Å². The number of hydrogen-bond donors (Lipinski definition) is 3. The molecule has 0 saturated heterocycles. The molecule has 132 valence electrons. The van der Waals surface area contributed by atoms with Crippen LogP contribution in [-0.4, -0.2) is 42.6 Å². The molecule has 0 aliphatic carbocycles. The van der Waals surface area contributed by atoms with E-state index in [1.807, 2.05) is 0 Å². The van der Waals surface area contributed by atoms with Gasteiger partial charge in [0.05, 0.1) is 12.8 Å². The Bertz CT molecular complexity index is 743. The van der Waals surface area contributed by atoms with Crippen LogP contribution in [0.4, 0.5) is 10.5 Å². The Morgan fingerprint density at radius 1 is 1.04 bits per heavy atom. The largest absolute Gasteiger partial charge is 0.507 e. The number of nitrogens with one attached hydrogen (secondary N) is 1. The van der Waals surface area contributed by atoms with E-state index in [4.69, 9.17) is 19.3 Å². The second kappa shape index (κ2) is 8.44. The van der Waals surface area contributed by atoms with E-state index in [0.29, 0.717) is 11.5 Å². The normalized spacial score (nSPS) is 9.96. The minimum Gasteiger partial charge on any atom is -0.507 e. The summed E-state index contributed by atoms with van der Waals surface area (Å²) in [5.41, 5.74) is -0.470. The quantitative estimate of drug-likeness (QED) is 0.660. The minimum atomic E-state index is -1.36. The summed E-state index contributed by atoms with van der Waals surface area (Å²) < 4.78 is 15.3. The number of carbonyl (C=O) groups is 2. The van der Waals surface area contributed by atoms with E-state index in [1.165, 1.54) is 18.2 Å². The van der Waals surface area contributed by atoms with Crippen molar-refractivity contribution < 1.29 is 34.0 Å². The Morgan fingerprint density at radius 3 is 2.36 bits per heavy atom. The van der Waals surface area contributed by atoms with Gasteiger partial charge in [0.15, 0.2) is 0 Å². The van der Waals surface area contributed by atoms with Gasteiger partial charge in [0.2, 0.25) is 0 Å². The lowest BCUT2D eigenvalue weighted by Gasteiger charge is -2.11. The van der Waals surface area contributed by atoms with E-state index in [9.17, 15) is 14.7 Å². The number of carboxylic acid groups (broad SMARTS) is 1. The maximum atomic E-state index is 11.7. The van der Waals surface area contributed by atoms with Crippen molar-refractivity contribution in [3.63, 3.8) is 0 Å². The molecule has 0 aliphatic heterocycles. The van der Waals surface area contributed by atoms with Crippen molar-refractivity contribution >= 4 is 17.7 Å². The summed E-state index contributed by atoms with van der Waals surface area (Å²) in [4.78, 5) is 22.8. The molecule has 2 aromatic rings. The van der Waals surface area contributed by atoms with Gasteiger partial charge >= 0.3 is 12.1 Å². The van der Waals surface area contributed by atoms with Crippen LogP contribution >= 0.6 is 0 Å². The summed E-state index contributed by atoms with van der Waals surface area (Å²) in [5, 5.41) is 20.9. The fourth-order valence-electron chi connectivity index (χ4n) is 1.98. The molecular weight excluding hydrogens is 330 g/mol. The number of phenols is 1. The van der Waals surface area contributed by atoms with Gasteiger partial charge in [0.25, 0.3) is 0 Å². The molecule has 2 rings (SSSR count). The van der Waals surface area contributed by atoms with Crippen LogP contribution in [-0.2, 0) is 4.74 Å². The van der Waals surface area contributed by atoms with Gasteiger partial charge in [-0.3, -0.25) is 5.32 Å². The van der Waals surface area contributed by atoms with Crippen LogP contribution in [0.1, 0.15) is 10.4 Å². The van der Waals surface area contributed by atoms with Crippen LogP contribution in [0.5, 0.6) is 17.2 Å². The fourth-order valence-corrected chi connectivity index (χ4v) is 1.98. The summed E-state index contributed by atoms with van der Waals surface area (Å²) >= 11 is 0. The number of carbonyl (C=O) groups excluding carboxylic acids is 1. The molecular formula is C17H17NO7. The van der Waals surface area contributed by atoms with E-state index in [1.54, 1.807) is 31.4 Å². The van der Waals surface area contributed by atoms with Gasteiger partial charge < -0.3 is 24.4 Å². The van der Waals surface area contributed by atoms with Crippen molar-refractivity contribution in [2.24, 2.45) is 0 Å². The highest BCUT2D eigenvalue weighted by molar-refractivity contribution is 6.01. The first-order chi connectivity index (χ1) is 12.0. The lowest BCUT2D eigenvalue weighted by molar-refractivity contribution is 0.0695. The van der Waals surface area contributed by atoms with Crippen molar-refractivity contribution in [3.8, 4) is 17.2 Å². The topological polar surface area (TPSA) is 114 Å². The maximum absolute atomic E-state index is 11.7. The number of anilines is 1. The molecule has 0 unspecified atom stereocenters. The highest BCUT2D eigenvalue weighted by Crippen LogP contribution is 2.25. The second-order valence-corrected chi connectivity index (χ2v) is 4.79. The zero-order chi connectivity index (χ0) is 18.2. The zero-order valence-electron chi connectivity index (χ0n) is 13.4. The first kappa shape index (κ1) is 17.9. The Morgan fingerprint density at radius 2 is 1.72 bits per heavy atom. The van der Waals surface area contributed by atoms with Gasteiger partial charge in [-0.05, 0) is 36.4 Å². The molecule has 0 spiro atoms. The molecule has 0 fully saturated rings. The monoisotopic (exact) mass is 347 g/mol. The number of benzene rings is 2. The second-order valence-electron chi connectivity index (χ2n) is 4.79. The molecule has 0 aromatic heterocycles. The van der Waals surface area contributed by atoms with Gasteiger partial charge in [-0.25, -0.2) is 9.59 Å². The molecule has 1 amide bonds. The standard InChI is InChI=1S/C17H17NO7/c1-23-11-5-7-12(8-6-11)24-9-10-25-17(22)18-13-3-2-4-14(19)15(13)16(20)21/h2-8,19H,9-10H2,1H3,(H,18,22)(H,20,21). The highest BCUT2D eigenvalue weighted by atomic mass is 16.6. The number of methoxy groups -OCH3 is 1. The Balaban J connectivity index is 1.81. The fraction of sp³-hybridized carbons (Fsp3) is 0.176. The molecule has 0 atom stereocenters.